The van der Waals surface area contributed by atoms with Crippen molar-refractivity contribution in [3.8, 4) is 0 Å². The van der Waals surface area contributed by atoms with E-state index in [0.29, 0.717) is 0 Å². The molecule has 4 fully saturated rings. The van der Waals surface area contributed by atoms with E-state index < -0.39 is 15.4 Å². The molecule has 2 saturated heterocycles. The van der Waals surface area contributed by atoms with E-state index in [0.717, 1.165) is 62.4 Å². The van der Waals surface area contributed by atoms with Gasteiger partial charge < -0.3 is 0 Å². The van der Waals surface area contributed by atoms with Crippen molar-refractivity contribution >= 4 is 37.6 Å². The normalized spacial score (nSPS) is 33.1. The van der Waals surface area contributed by atoms with Crippen molar-refractivity contribution in [2.24, 2.45) is 0 Å². The Morgan fingerprint density at radius 1 is 0.556 bits per heavy atom. The second kappa shape index (κ2) is 14.1. The van der Waals surface area contributed by atoms with Gasteiger partial charge in [0.25, 0.3) is 0 Å². The maximum absolute atomic E-state index is 7.20. The summed E-state index contributed by atoms with van der Waals surface area (Å²) in [5.41, 5.74) is 0. The number of fused-ring (bicyclic) bond motifs is 2. The third-order valence-electron chi connectivity index (χ3n) is 9.34. The van der Waals surface area contributed by atoms with E-state index in [1.54, 1.807) is 0 Å². The van der Waals surface area contributed by atoms with Gasteiger partial charge in [-0.1, -0.05) is 77.7 Å². The van der Waals surface area contributed by atoms with Crippen LogP contribution in [0.15, 0.2) is 24.3 Å². The summed E-state index contributed by atoms with van der Waals surface area (Å²) in [6.07, 6.45) is 19.8. The van der Waals surface area contributed by atoms with Crippen LogP contribution in [0.5, 0.6) is 0 Å². The van der Waals surface area contributed by atoms with Crippen LogP contribution in [0.1, 0.15) is 92.9 Å². The molecule has 0 bridgehead atoms. The summed E-state index contributed by atoms with van der Waals surface area (Å²) in [7, 11) is -3.88. The number of likely N-dealkylation sites (N-methyl/N-ethyl adjacent to an activating group) is 4. The van der Waals surface area contributed by atoms with Gasteiger partial charge in [0.2, 0.25) is 0 Å². The van der Waals surface area contributed by atoms with Gasteiger partial charge in [-0.3, -0.25) is 18.3 Å². The van der Waals surface area contributed by atoms with Crippen LogP contribution in [0.2, 0.25) is 12.1 Å². The minimum absolute atomic E-state index is 0.734. The highest BCUT2D eigenvalue weighted by Crippen LogP contribution is 2.44. The van der Waals surface area contributed by atoms with E-state index in [2.05, 4.69) is 84.1 Å². The molecule has 2 aliphatic heterocycles. The van der Waals surface area contributed by atoms with Gasteiger partial charge in [0.1, 0.15) is 0 Å². The van der Waals surface area contributed by atoms with Crippen molar-refractivity contribution in [3.63, 3.8) is 0 Å². The average molecular weight is 574 g/mol. The van der Waals surface area contributed by atoms with E-state index in [9.17, 15) is 0 Å². The first kappa shape index (κ1) is 30.9. The summed E-state index contributed by atoms with van der Waals surface area (Å²) in [5, 5.41) is 0. The Hall–Kier alpha value is 0.334. The minimum Gasteiger partial charge on any atom is -0.295 e. The molecular formula is C28H54Cl2N4Si2. The van der Waals surface area contributed by atoms with Crippen molar-refractivity contribution in [1.82, 2.24) is 18.3 Å². The van der Waals surface area contributed by atoms with Crippen LogP contribution in [0, 0.1) is 0 Å². The van der Waals surface area contributed by atoms with Crippen LogP contribution in [-0.4, -0.2) is 84.0 Å². The molecule has 0 aromatic carbocycles. The summed E-state index contributed by atoms with van der Waals surface area (Å²) in [4.78, 5) is 0. The van der Waals surface area contributed by atoms with Crippen LogP contribution in [0.4, 0.5) is 0 Å². The molecule has 0 radical (unpaired) electrons. The molecule has 2 heterocycles. The van der Waals surface area contributed by atoms with E-state index in [1.165, 1.54) is 51.4 Å². The minimum atomic E-state index is -1.94. The number of hydrogen-bond acceptors (Lipinski definition) is 4. The Kier molecular flexibility index (Phi) is 12.1. The van der Waals surface area contributed by atoms with Crippen LogP contribution in [-0.2, 0) is 0 Å². The molecule has 4 atom stereocenters. The third kappa shape index (κ3) is 5.91. The molecule has 8 heteroatoms. The first-order valence-electron chi connectivity index (χ1n) is 15.0. The molecule has 0 unspecified atom stereocenters. The zero-order chi connectivity index (χ0) is 26.3. The zero-order valence-electron chi connectivity index (χ0n) is 24.1. The predicted molar refractivity (Wildman–Crippen MR) is 164 cm³/mol. The molecule has 0 amide bonds. The standard InChI is InChI=1S/2C14H27ClN2Si/c2*1-4-7-12-18(15)16(5-2)13-10-8-9-11-14(13)17(18)6-3/h2*4,7,13-14H,5-6,8-12H2,1-3H3/b2*7-4-/t2*13-,14-/m10/s1. The van der Waals surface area contributed by atoms with Gasteiger partial charge in [0.15, 0.2) is 0 Å². The Morgan fingerprint density at radius 3 is 1.00 bits per heavy atom. The average Bonchev–Trinajstić information content (AvgIpc) is 3.29. The fourth-order valence-corrected chi connectivity index (χ4v) is 19.2. The molecule has 4 nitrogen and oxygen atoms in total. The van der Waals surface area contributed by atoms with Crippen LogP contribution < -0.4 is 0 Å². The Bertz CT molecular complexity index is 636. The van der Waals surface area contributed by atoms with E-state index in [1.807, 2.05) is 0 Å². The highest BCUT2D eigenvalue weighted by Gasteiger charge is 2.58. The highest BCUT2D eigenvalue weighted by atomic mass is 35.6. The quantitative estimate of drug-likeness (QED) is 0.170. The zero-order valence-corrected chi connectivity index (χ0v) is 27.6. The van der Waals surface area contributed by atoms with Crippen LogP contribution >= 0.6 is 22.2 Å². The lowest BCUT2D eigenvalue weighted by atomic mass is 9.90. The first-order valence-corrected chi connectivity index (χ1v) is 21.3. The van der Waals surface area contributed by atoms with Gasteiger partial charge in [-0.25, -0.2) is 0 Å². The number of hydrogen-bond donors (Lipinski definition) is 0. The lowest BCUT2D eigenvalue weighted by Gasteiger charge is -2.35. The largest absolute Gasteiger partial charge is 0.311 e. The number of nitrogens with zero attached hydrogens (tertiary/aromatic N) is 4. The van der Waals surface area contributed by atoms with Gasteiger partial charge in [-0.05, 0) is 65.7 Å². The predicted octanol–water partition coefficient (Wildman–Crippen LogP) is 7.42. The Balaban J connectivity index is 0.000000201. The molecule has 208 valence electrons. The smallest absolute Gasteiger partial charge is 0.295 e. The van der Waals surface area contributed by atoms with E-state index >= 15 is 0 Å². The molecule has 4 rings (SSSR count). The molecular weight excluding hydrogens is 519 g/mol. The molecule has 0 aromatic rings. The van der Waals surface area contributed by atoms with Gasteiger partial charge >= 0.3 is 15.4 Å². The second-order valence-electron chi connectivity index (χ2n) is 11.0. The molecule has 2 saturated carbocycles. The molecule has 0 N–H and O–H groups in total. The Morgan fingerprint density at radius 2 is 0.806 bits per heavy atom. The lowest BCUT2D eigenvalue weighted by Crippen LogP contribution is -2.55. The highest BCUT2D eigenvalue weighted by molar-refractivity contribution is 7.18. The Labute approximate surface area is 234 Å². The van der Waals surface area contributed by atoms with Crippen molar-refractivity contribution in [3.05, 3.63) is 24.3 Å². The van der Waals surface area contributed by atoms with Gasteiger partial charge in [0.05, 0.1) is 0 Å². The lowest BCUT2D eigenvalue weighted by molar-refractivity contribution is 0.210. The van der Waals surface area contributed by atoms with E-state index in [-0.39, 0.29) is 0 Å². The SMILES string of the molecule is C/C=C\C[Si]1(Cl)N(CC)[C@@H]2CCCC[C@H]2N1CC.C/C=C\C[Si]1(Cl)N(CC)[C@H]2CCCC[C@@H]2N1CC. The summed E-state index contributed by atoms with van der Waals surface area (Å²) < 4.78 is 10.7. The number of allylic oxidation sites excluding steroid dienone is 4. The molecule has 0 aromatic heterocycles. The van der Waals surface area contributed by atoms with E-state index in [4.69, 9.17) is 22.2 Å². The number of halogens is 2. The van der Waals surface area contributed by atoms with Gasteiger partial charge in [0, 0.05) is 36.3 Å². The van der Waals surface area contributed by atoms with Crippen molar-refractivity contribution in [2.75, 3.05) is 26.2 Å². The summed E-state index contributed by atoms with van der Waals surface area (Å²) in [6.45, 7) is 17.8. The van der Waals surface area contributed by atoms with Crippen LogP contribution in [0.25, 0.3) is 0 Å². The maximum atomic E-state index is 7.20. The summed E-state index contributed by atoms with van der Waals surface area (Å²) in [5.74, 6) is 0. The topological polar surface area (TPSA) is 13.0 Å². The molecule has 4 aliphatic rings. The maximum Gasteiger partial charge on any atom is 0.311 e. The van der Waals surface area contributed by atoms with Crippen molar-refractivity contribution in [2.45, 2.75) is 129 Å². The van der Waals surface area contributed by atoms with Crippen molar-refractivity contribution in [1.29, 1.82) is 0 Å². The fraction of sp³-hybridized carbons (Fsp3) is 0.857. The molecule has 0 spiro atoms. The number of rotatable bonds is 8. The van der Waals surface area contributed by atoms with Crippen molar-refractivity contribution < 1.29 is 0 Å². The summed E-state index contributed by atoms with van der Waals surface area (Å²) >= 11 is 14.4. The first-order chi connectivity index (χ1) is 17.4. The van der Waals surface area contributed by atoms with Crippen LogP contribution in [0.3, 0.4) is 0 Å². The summed E-state index contributed by atoms with van der Waals surface area (Å²) in [6, 6.07) is 5.08. The fourth-order valence-electron chi connectivity index (χ4n) is 7.90. The monoisotopic (exact) mass is 572 g/mol. The second-order valence-corrected chi connectivity index (χ2v) is 20.6. The third-order valence-corrected chi connectivity index (χ3v) is 20.5. The molecule has 2 aliphatic carbocycles. The molecule has 36 heavy (non-hydrogen) atoms. The van der Waals surface area contributed by atoms with Gasteiger partial charge in [-0.15, -0.1) is 22.2 Å². The van der Waals surface area contributed by atoms with Gasteiger partial charge in [-0.2, -0.15) is 0 Å².